The second-order valence-corrected chi connectivity index (χ2v) is 8.35. The summed E-state index contributed by atoms with van der Waals surface area (Å²) in [7, 11) is -5.20. The van der Waals surface area contributed by atoms with E-state index in [1.807, 2.05) is 0 Å². The van der Waals surface area contributed by atoms with E-state index in [1.54, 1.807) is 0 Å². The standard InChI is InChI=1S/C6H18N2O3S2/c7-3-1-5-12(6-2-4-8)13(9,10)11/h12H,1-8H2,(H,9,10,11). The molecule has 0 saturated carbocycles. The van der Waals surface area contributed by atoms with Gasteiger partial charge in [-0.1, -0.05) is 0 Å². The van der Waals surface area contributed by atoms with E-state index in [1.165, 1.54) is 0 Å². The van der Waals surface area contributed by atoms with Crippen LogP contribution in [0.4, 0.5) is 0 Å². The lowest BCUT2D eigenvalue weighted by atomic mass is 10.5. The summed E-state index contributed by atoms with van der Waals surface area (Å²) in [4.78, 5) is 0. The largest absolute Gasteiger partial charge is 0.330 e. The van der Waals surface area contributed by atoms with Gasteiger partial charge < -0.3 is 11.5 Å². The van der Waals surface area contributed by atoms with Crippen molar-refractivity contribution in [1.29, 1.82) is 0 Å². The number of thiol groups is 1. The molecule has 0 aromatic heterocycles. The molecule has 0 fully saturated rings. The van der Waals surface area contributed by atoms with Crippen molar-refractivity contribution >= 4 is 19.1 Å². The van der Waals surface area contributed by atoms with Crippen molar-refractivity contribution in [2.75, 3.05) is 24.6 Å². The van der Waals surface area contributed by atoms with Crippen LogP contribution in [0, 0.1) is 0 Å². The quantitative estimate of drug-likeness (QED) is 0.268. The Morgan fingerprint density at radius 2 is 1.46 bits per heavy atom. The van der Waals surface area contributed by atoms with Crippen molar-refractivity contribution in [3.63, 3.8) is 0 Å². The molecular weight excluding hydrogens is 212 g/mol. The maximum absolute atomic E-state index is 10.8. The Labute approximate surface area is 81.4 Å². The first kappa shape index (κ1) is 13.2. The van der Waals surface area contributed by atoms with Crippen molar-refractivity contribution in [3.8, 4) is 0 Å². The second-order valence-electron chi connectivity index (χ2n) is 2.66. The van der Waals surface area contributed by atoms with Gasteiger partial charge in [-0.15, -0.1) is 9.93 Å². The average Bonchev–Trinajstić information content (AvgIpc) is 2.02. The van der Waals surface area contributed by atoms with Crippen LogP contribution in [0.2, 0.25) is 0 Å². The van der Waals surface area contributed by atoms with Crippen molar-refractivity contribution in [3.05, 3.63) is 0 Å². The molecule has 0 amide bonds. The highest BCUT2D eigenvalue weighted by molar-refractivity contribution is 8.79. The molecule has 0 aliphatic rings. The topological polar surface area (TPSA) is 106 Å². The summed E-state index contributed by atoms with van der Waals surface area (Å²) in [6.07, 6.45) is 1.27. The third-order valence-electron chi connectivity index (χ3n) is 1.55. The van der Waals surface area contributed by atoms with E-state index in [9.17, 15) is 8.42 Å². The molecule has 5 N–H and O–H groups in total. The molecule has 0 aromatic rings. The Morgan fingerprint density at radius 1 is 1.08 bits per heavy atom. The number of nitrogens with two attached hydrogens (primary N) is 2. The van der Waals surface area contributed by atoms with Gasteiger partial charge in [0.25, 0.3) is 9.15 Å². The van der Waals surface area contributed by atoms with E-state index in [4.69, 9.17) is 16.0 Å². The van der Waals surface area contributed by atoms with Crippen molar-refractivity contribution in [2.45, 2.75) is 12.8 Å². The highest BCUT2D eigenvalue weighted by Crippen LogP contribution is 2.32. The van der Waals surface area contributed by atoms with E-state index in [-0.39, 0.29) is 0 Å². The van der Waals surface area contributed by atoms with Crippen LogP contribution in [0.5, 0.6) is 0 Å². The average molecular weight is 230 g/mol. The van der Waals surface area contributed by atoms with Crippen LogP contribution >= 0.6 is 9.93 Å². The van der Waals surface area contributed by atoms with E-state index in [2.05, 4.69) is 0 Å². The van der Waals surface area contributed by atoms with Crippen LogP contribution in [0.15, 0.2) is 0 Å². The third-order valence-corrected chi connectivity index (χ3v) is 6.89. The van der Waals surface area contributed by atoms with Gasteiger partial charge in [0.05, 0.1) is 0 Å². The molecule has 0 saturated heterocycles. The Bertz CT molecular complexity index is 210. The highest BCUT2D eigenvalue weighted by Gasteiger charge is 2.16. The molecule has 0 heterocycles. The Hall–Kier alpha value is 0.180. The van der Waals surface area contributed by atoms with Gasteiger partial charge in [0.2, 0.25) is 0 Å². The fourth-order valence-corrected chi connectivity index (χ4v) is 4.79. The first-order chi connectivity index (χ1) is 6.02. The van der Waals surface area contributed by atoms with Crippen LogP contribution < -0.4 is 11.5 Å². The summed E-state index contributed by atoms with van der Waals surface area (Å²) in [6, 6.07) is 0. The van der Waals surface area contributed by atoms with Crippen LogP contribution in [-0.2, 0) is 9.15 Å². The van der Waals surface area contributed by atoms with E-state index >= 15 is 0 Å². The van der Waals surface area contributed by atoms with Crippen LogP contribution in [0.3, 0.4) is 0 Å². The van der Waals surface area contributed by atoms with Gasteiger partial charge in [0.1, 0.15) is 0 Å². The molecule has 0 rings (SSSR count). The predicted molar refractivity (Wildman–Crippen MR) is 57.6 cm³/mol. The van der Waals surface area contributed by atoms with Gasteiger partial charge in [-0.05, 0) is 37.4 Å². The normalized spacial score (nSPS) is 13.0. The van der Waals surface area contributed by atoms with Gasteiger partial charge in [-0.3, -0.25) is 4.55 Å². The Balaban J connectivity index is 4.04. The zero-order valence-corrected chi connectivity index (χ0v) is 9.23. The summed E-state index contributed by atoms with van der Waals surface area (Å²) in [6.45, 7) is 0.911. The molecule has 0 aliphatic heterocycles. The summed E-state index contributed by atoms with van der Waals surface area (Å²) in [5, 5.41) is 0. The minimum Gasteiger partial charge on any atom is -0.330 e. The molecule has 0 aromatic carbocycles. The lowest BCUT2D eigenvalue weighted by Crippen LogP contribution is -2.12. The smallest absolute Gasteiger partial charge is 0.299 e. The maximum Gasteiger partial charge on any atom is 0.299 e. The SMILES string of the molecule is NCCC[SH](CCCN)S(=O)(=O)O. The maximum atomic E-state index is 10.8. The molecule has 13 heavy (non-hydrogen) atoms. The molecule has 0 atom stereocenters. The number of hydrogen-bond donors (Lipinski definition) is 4. The third kappa shape index (κ3) is 6.28. The molecule has 0 radical (unpaired) electrons. The Morgan fingerprint density at radius 3 is 1.69 bits per heavy atom. The number of rotatable bonds is 7. The van der Waals surface area contributed by atoms with Gasteiger partial charge >= 0.3 is 0 Å². The van der Waals surface area contributed by atoms with Crippen molar-refractivity contribution in [1.82, 2.24) is 0 Å². The fraction of sp³-hybridized carbons (Fsp3) is 1.00. The molecule has 0 aliphatic carbocycles. The van der Waals surface area contributed by atoms with Crippen LogP contribution in [-0.4, -0.2) is 37.6 Å². The second kappa shape index (κ2) is 6.61. The highest BCUT2D eigenvalue weighted by atomic mass is 33.2. The lowest BCUT2D eigenvalue weighted by molar-refractivity contribution is 0.502. The lowest BCUT2D eigenvalue weighted by Gasteiger charge is -2.16. The molecule has 0 unspecified atom stereocenters. The van der Waals surface area contributed by atoms with E-state index in [0.717, 1.165) is 0 Å². The minimum atomic E-state index is -3.86. The predicted octanol–water partition coefficient (Wildman–Crippen LogP) is -0.512. The molecule has 5 nitrogen and oxygen atoms in total. The van der Waals surface area contributed by atoms with E-state index in [0.29, 0.717) is 37.4 Å². The fourth-order valence-electron chi connectivity index (χ4n) is 0.878. The summed E-state index contributed by atoms with van der Waals surface area (Å²) >= 11 is 0. The van der Waals surface area contributed by atoms with Gasteiger partial charge in [-0.25, -0.2) is 0 Å². The Kier molecular flexibility index (Phi) is 6.70. The molecule has 0 bridgehead atoms. The monoisotopic (exact) mass is 230 g/mol. The van der Waals surface area contributed by atoms with Gasteiger partial charge in [0.15, 0.2) is 0 Å². The van der Waals surface area contributed by atoms with Crippen LogP contribution in [0.25, 0.3) is 0 Å². The molecule has 0 spiro atoms. The zero-order valence-electron chi connectivity index (χ0n) is 7.52. The summed E-state index contributed by atoms with van der Waals surface area (Å²) < 4.78 is 30.5. The summed E-state index contributed by atoms with van der Waals surface area (Å²) in [5.41, 5.74) is 10.5. The molecule has 7 heteroatoms. The van der Waals surface area contributed by atoms with Gasteiger partial charge in [-0.2, -0.15) is 8.42 Å². The van der Waals surface area contributed by atoms with E-state index < -0.39 is 19.1 Å². The zero-order chi connectivity index (χ0) is 10.3. The number of hydrogen-bond acceptors (Lipinski definition) is 4. The van der Waals surface area contributed by atoms with Crippen molar-refractivity contribution in [2.24, 2.45) is 11.5 Å². The minimum absolute atomic E-state index is 0.455. The van der Waals surface area contributed by atoms with Crippen LogP contribution in [0.1, 0.15) is 12.8 Å². The molecule has 82 valence electrons. The van der Waals surface area contributed by atoms with Gasteiger partial charge in [0, 0.05) is 0 Å². The van der Waals surface area contributed by atoms with Crippen molar-refractivity contribution < 1.29 is 13.0 Å². The summed E-state index contributed by atoms with van der Waals surface area (Å²) in [5.74, 6) is 0.954. The first-order valence-corrected chi connectivity index (χ1v) is 7.90. The first-order valence-electron chi connectivity index (χ1n) is 4.15. The molecular formula is C6H18N2O3S2.